The third-order valence-electron chi connectivity index (χ3n) is 3.21. The van der Waals surface area contributed by atoms with Crippen LogP contribution in [-0.2, 0) is 11.2 Å². The van der Waals surface area contributed by atoms with Crippen LogP contribution in [0.1, 0.15) is 19.7 Å². The Labute approximate surface area is 134 Å². The maximum atomic E-state index is 11.2. The van der Waals surface area contributed by atoms with Gasteiger partial charge < -0.3 is 15.2 Å². The van der Waals surface area contributed by atoms with Crippen molar-refractivity contribution in [3.63, 3.8) is 0 Å². The highest BCUT2D eigenvalue weighted by molar-refractivity contribution is 7.98. The molecule has 0 saturated heterocycles. The van der Waals surface area contributed by atoms with E-state index in [4.69, 9.17) is 4.52 Å². The van der Waals surface area contributed by atoms with Crippen LogP contribution in [0.25, 0.3) is 11.5 Å². The summed E-state index contributed by atoms with van der Waals surface area (Å²) in [4.78, 5) is 16.6. The van der Waals surface area contributed by atoms with E-state index in [2.05, 4.69) is 27.7 Å². The monoisotopic (exact) mass is 320 g/mol. The predicted octanol–water partition coefficient (Wildman–Crippen LogP) is 2.57. The maximum absolute atomic E-state index is 11.2. The van der Waals surface area contributed by atoms with Gasteiger partial charge in [-0.1, -0.05) is 5.16 Å². The van der Waals surface area contributed by atoms with Crippen LogP contribution >= 0.6 is 11.8 Å². The number of hydrogen-bond donors (Lipinski definition) is 2. The van der Waals surface area contributed by atoms with Crippen molar-refractivity contribution in [2.45, 2.75) is 31.2 Å². The number of nitrogens with zero attached hydrogens (tertiary/aromatic N) is 2. The molecule has 0 fully saturated rings. The molecule has 0 radical (unpaired) electrons. The molecular formula is C15H20N4O2S. The Hall–Kier alpha value is -1.86. The number of aromatic nitrogens is 2. The van der Waals surface area contributed by atoms with E-state index in [9.17, 15) is 4.79 Å². The van der Waals surface area contributed by atoms with Gasteiger partial charge in [0.05, 0.1) is 5.69 Å². The topological polar surface area (TPSA) is 80.0 Å². The van der Waals surface area contributed by atoms with Crippen LogP contribution in [0.5, 0.6) is 0 Å². The molecule has 0 bridgehead atoms. The van der Waals surface area contributed by atoms with Crippen molar-refractivity contribution in [2.24, 2.45) is 0 Å². The Bertz CT molecular complexity index is 657. The molecule has 1 heterocycles. The van der Waals surface area contributed by atoms with Crippen molar-refractivity contribution in [1.29, 1.82) is 0 Å². The summed E-state index contributed by atoms with van der Waals surface area (Å²) in [6.45, 7) is 3.55. The zero-order chi connectivity index (χ0) is 16.1. The lowest BCUT2D eigenvalue weighted by Gasteiger charge is -2.08. The van der Waals surface area contributed by atoms with Gasteiger partial charge in [0.25, 0.3) is 5.89 Å². The molecule has 1 atom stereocenters. The SMILES string of the molecule is CNC(C)Cc1noc(-c2ccc(NC(C)=O)c(SC)c2)n1. The standard InChI is InChI=1S/C15H20N4O2S/c1-9(16-3)7-14-18-15(21-19-14)11-5-6-12(17-10(2)20)13(8-11)22-4/h5-6,8-9,16H,7H2,1-4H3,(H,17,20). The molecule has 2 aromatic rings. The second-order valence-electron chi connectivity index (χ2n) is 5.01. The number of likely N-dealkylation sites (N-methyl/N-ethyl adjacent to an activating group) is 1. The third-order valence-corrected chi connectivity index (χ3v) is 3.99. The van der Waals surface area contributed by atoms with E-state index < -0.39 is 0 Å². The third kappa shape index (κ3) is 4.08. The summed E-state index contributed by atoms with van der Waals surface area (Å²) >= 11 is 1.55. The van der Waals surface area contributed by atoms with E-state index in [0.29, 0.717) is 18.1 Å². The molecule has 0 aliphatic carbocycles. The Morgan fingerprint density at radius 1 is 1.45 bits per heavy atom. The summed E-state index contributed by atoms with van der Waals surface area (Å²) in [5, 5.41) is 9.95. The first kappa shape index (κ1) is 16.5. The van der Waals surface area contributed by atoms with Gasteiger partial charge in [0, 0.05) is 29.8 Å². The zero-order valence-electron chi connectivity index (χ0n) is 13.1. The molecule has 118 valence electrons. The van der Waals surface area contributed by atoms with Crippen molar-refractivity contribution in [3.8, 4) is 11.5 Å². The van der Waals surface area contributed by atoms with Crippen LogP contribution in [0.4, 0.5) is 5.69 Å². The number of carbonyl (C=O) groups excluding carboxylic acids is 1. The van der Waals surface area contributed by atoms with Crippen LogP contribution in [0, 0.1) is 0 Å². The fraction of sp³-hybridized carbons (Fsp3) is 0.400. The van der Waals surface area contributed by atoms with Gasteiger partial charge in [-0.25, -0.2) is 0 Å². The average molecular weight is 320 g/mol. The molecule has 2 rings (SSSR count). The fourth-order valence-electron chi connectivity index (χ4n) is 1.95. The largest absolute Gasteiger partial charge is 0.334 e. The van der Waals surface area contributed by atoms with Crippen molar-refractivity contribution in [1.82, 2.24) is 15.5 Å². The number of amides is 1. The zero-order valence-corrected chi connectivity index (χ0v) is 14.0. The first-order valence-corrected chi connectivity index (χ1v) is 8.21. The van der Waals surface area contributed by atoms with Gasteiger partial charge in [0.1, 0.15) is 0 Å². The number of benzene rings is 1. The molecule has 0 spiro atoms. The lowest BCUT2D eigenvalue weighted by atomic mass is 10.2. The number of hydrogen-bond acceptors (Lipinski definition) is 6. The molecule has 7 heteroatoms. The summed E-state index contributed by atoms with van der Waals surface area (Å²) in [5.41, 5.74) is 1.63. The Morgan fingerprint density at radius 2 is 2.23 bits per heavy atom. The van der Waals surface area contributed by atoms with Crippen LogP contribution in [0.2, 0.25) is 0 Å². The van der Waals surface area contributed by atoms with E-state index in [1.54, 1.807) is 11.8 Å². The maximum Gasteiger partial charge on any atom is 0.257 e. The van der Waals surface area contributed by atoms with Crippen LogP contribution in [-0.4, -0.2) is 35.4 Å². The molecule has 1 amide bonds. The van der Waals surface area contributed by atoms with Gasteiger partial charge in [-0.3, -0.25) is 4.79 Å². The van der Waals surface area contributed by atoms with Crippen molar-refractivity contribution in [2.75, 3.05) is 18.6 Å². The van der Waals surface area contributed by atoms with Gasteiger partial charge >= 0.3 is 0 Å². The highest BCUT2D eigenvalue weighted by Crippen LogP contribution is 2.30. The van der Waals surface area contributed by atoms with Crippen molar-refractivity contribution >= 4 is 23.4 Å². The number of carbonyl (C=O) groups is 1. The molecule has 0 saturated carbocycles. The minimum Gasteiger partial charge on any atom is -0.334 e. The fourth-order valence-corrected chi connectivity index (χ4v) is 2.53. The molecule has 22 heavy (non-hydrogen) atoms. The molecule has 0 aliphatic heterocycles. The minimum absolute atomic E-state index is 0.0934. The van der Waals surface area contributed by atoms with E-state index in [1.165, 1.54) is 6.92 Å². The number of nitrogens with one attached hydrogen (secondary N) is 2. The molecule has 0 aliphatic rings. The van der Waals surface area contributed by atoms with E-state index >= 15 is 0 Å². The van der Waals surface area contributed by atoms with E-state index in [0.717, 1.165) is 16.1 Å². The van der Waals surface area contributed by atoms with Gasteiger partial charge in [-0.15, -0.1) is 11.8 Å². The molecular weight excluding hydrogens is 300 g/mol. The normalized spacial score (nSPS) is 12.2. The Balaban J connectivity index is 2.23. The van der Waals surface area contributed by atoms with Gasteiger partial charge in [0.2, 0.25) is 5.91 Å². The summed E-state index contributed by atoms with van der Waals surface area (Å²) in [6.07, 6.45) is 2.66. The first-order chi connectivity index (χ1) is 10.5. The lowest BCUT2D eigenvalue weighted by molar-refractivity contribution is -0.114. The number of thioether (sulfide) groups is 1. The highest BCUT2D eigenvalue weighted by atomic mass is 32.2. The summed E-state index contributed by atoms with van der Waals surface area (Å²) in [5.74, 6) is 1.07. The smallest absolute Gasteiger partial charge is 0.257 e. The lowest BCUT2D eigenvalue weighted by Crippen LogP contribution is -2.24. The van der Waals surface area contributed by atoms with Gasteiger partial charge in [0.15, 0.2) is 5.82 Å². The number of rotatable bonds is 6. The molecule has 6 nitrogen and oxygen atoms in total. The second kappa shape index (κ2) is 7.42. The van der Waals surface area contributed by atoms with E-state index in [1.807, 2.05) is 31.5 Å². The summed E-state index contributed by atoms with van der Waals surface area (Å²) < 4.78 is 5.33. The van der Waals surface area contributed by atoms with E-state index in [-0.39, 0.29) is 11.9 Å². The van der Waals surface area contributed by atoms with Gasteiger partial charge in [-0.05, 0) is 38.4 Å². The quantitative estimate of drug-likeness (QED) is 0.796. The molecule has 1 aromatic carbocycles. The highest BCUT2D eigenvalue weighted by Gasteiger charge is 2.13. The predicted molar refractivity (Wildman–Crippen MR) is 88.0 cm³/mol. The first-order valence-electron chi connectivity index (χ1n) is 6.99. The van der Waals surface area contributed by atoms with Crippen LogP contribution in [0.15, 0.2) is 27.6 Å². The molecule has 2 N–H and O–H groups in total. The number of anilines is 1. The molecule has 1 unspecified atom stereocenters. The second-order valence-corrected chi connectivity index (χ2v) is 5.85. The van der Waals surface area contributed by atoms with Gasteiger partial charge in [-0.2, -0.15) is 4.98 Å². The Kier molecular flexibility index (Phi) is 5.57. The molecule has 1 aromatic heterocycles. The Morgan fingerprint density at radius 3 is 2.86 bits per heavy atom. The van der Waals surface area contributed by atoms with Crippen molar-refractivity contribution in [3.05, 3.63) is 24.0 Å². The summed E-state index contributed by atoms with van der Waals surface area (Å²) in [7, 11) is 1.90. The van der Waals surface area contributed by atoms with Crippen LogP contribution in [0.3, 0.4) is 0 Å². The average Bonchev–Trinajstić information content (AvgIpc) is 2.95. The van der Waals surface area contributed by atoms with Crippen LogP contribution < -0.4 is 10.6 Å². The van der Waals surface area contributed by atoms with Crippen molar-refractivity contribution < 1.29 is 9.32 Å². The summed E-state index contributed by atoms with van der Waals surface area (Å²) in [6, 6.07) is 5.94. The minimum atomic E-state index is -0.0934.